The summed E-state index contributed by atoms with van der Waals surface area (Å²) in [6.07, 6.45) is 0. The lowest BCUT2D eigenvalue weighted by Crippen LogP contribution is -2.36. The van der Waals surface area contributed by atoms with E-state index in [2.05, 4.69) is 10.6 Å². The minimum absolute atomic E-state index is 0.00359. The average Bonchev–Trinajstić information content (AvgIpc) is 2.63. The molecule has 7 nitrogen and oxygen atoms in total. The summed E-state index contributed by atoms with van der Waals surface area (Å²) in [7, 11) is 1.65. The van der Waals surface area contributed by atoms with Crippen molar-refractivity contribution in [1.82, 2.24) is 4.90 Å². The molecular formula is C19H20Cl2N4O3S. The van der Waals surface area contributed by atoms with Gasteiger partial charge in [-0.1, -0.05) is 35.3 Å². The van der Waals surface area contributed by atoms with Crippen molar-refractivity contribution in [2.75, 3.05) is 36.5 Å². The van der Waals surface area contributed by atoms with Gasteiger partial charge in [0.15, 0.2) is 0 Å². The summed E-state index contributed by atoms with van der Waals surface area (Å²) >= 11 is 13.0. The second-order valence-electron chi connectivity index (χ2n) is 6.15. The van der Waals surface area contributed by atoms with Gasteiger partial charge in [-0.25, -0.2) is 0 Å². The highest BCUT2D eigenvalue weighted by atomic mass is 35.5. The minimum atomic E-state index is -0.441. The lowest BCUT2D eigenvalue weighted by Gasteiger charge is -2.17. The van der Waals surface area contributed by atoms with Crippen LogP contribution in [0.1, 0.15) is 0 Å². The molecule has 2 aromatic carbocycles. The number of nitrogens with two attached hydrogens (primary N) is 1. The molecule has 0 atom stereocenters. The van der Waals surface area contributed by atoms with Crippen molar-refractivity contribution in [2.45, 2.75) is 4.90 Å². The van der Waals surface area contributed by atoms with Crippen LogP contribution in [0.2, 0.25) is 10.0 Å². The van der Waals surface area contributed by atoms with E-state index in [-0.39, 0.29) is 30.7 Å². The van der Waals surface area contributed by atoms with E-state index >= 15 is 0 Å². The second-order valence-corrected chi connectivity index (χ2v) is 7.98. The number of rotatable bonds is 9. The van der Waals surface area contributed by atoms with Gasteiger partial charge in [-0.2, -0.15) is 0 Å². The van der Waals surface area contributed by atoms with Crippen LogP contribution in [0.5, 0.6) is 0 Å². The zero-order valence-corrected chi connectivity index (χ0v) is 17.9. The molecule has 4 N–H and O–H groups in total. The lowest BCUT2D eigenvalue weighted by molar-refractivity contribution is -0.119. The summed E-state index contributed by atoms with van der Waals surface area (Å²) in [5.74, 6) is -0.913. The first-order valence-electron chi connectivity index (χ1n) is 8.48. The van der Waals surface area contributed by atoms with Crippen LogP contribution in [0, 0.1) is 0 Å². The Bertz CT molecular complexity index is 911. The van der Waals surface area contributed by atoms with Crippen LogP contribution in [-0.2, 0) is 14.4 Å². The molecular weight excluding hydrogens is 435 g/mol. The molecule has 0 radical (unpaired) electrons. The first-order valence-corrected chi connectivity index (χ1v) is 10.2. The van der Waals surface area contributed by atoms with E-state index in [1.807, 2.05) is 0 Å². The van der Waals surface area contributed by atoms with Crippen molar-refractivity contribution in [2.24, 2.45) is 5.73 Å². The molecule has 0 heterocycles. The number of thioether (sulfide) groups is 1. The van der Waals surface area contributed by atoms with Crippen LogP contribution in [0.3, 0.4) is 0 Å². The molecule has 0 saturated carbocycles. The minimum Gasteiger partial charge on any atom is -0.369 e. The van der Waals surface area contributed by atoms with Crippen LogP contribution in [0.25, 0.3) is 0 Å². The number of hydrogen-bond acceptors (Lipinski definition) is 5. The number of nitrogens with one attached hydrogen (secondary N) is 2. The predicted octanol–water partition coefficient (Wildman–Crippen LogP) is 3.08. The van der Waals surface area contributed by atoms with Gasteiger partial charge < -0.3 is 16.4 Å². The molecule has 0 aliphatic rings. The monoisotopic (exact) mass is 454 g/mol. The van der Waals surface area contributed by atoms with Crippen LogP contribution < -0.4 is 16.4 Å². The van der Waals surface area contributed by atoms with Crippen LogP contribution in [0.4, 0.5) is 11.4 Å². The molecule has 2 aromatic rings. The number of benzene rings is 2. The third-order valence-electron chi connectivity index (χ3n) is 3.56. The Kier molecular flexibility index (Phi) is 8.78. The van der Waals surface area contributed by atoms with Gasteiger partial charge in [0.05, 0.1) is 34.6 Å². The molecule has 0 saturated heterocycles. The maximum Gasteiger partial charge on any atom is 0.238 e. The van der Waals surface area contributed by atoms with Gasteiger partial charge in [0, 0.05) is 10.6 Å². The Morgan fingerprint density at radius 2 is 1.66 bits per heavy atom. The summed E-state index contributed by atoms with van der Waals surface area (Å²) in [5.41, 5.74) is 6.27. The molecule has 0 bridgehead atoms. The number of halogens is 2. The quantitative estimate of drug-likeness (QED) is 0.504. The van der Waals surface area contributed by atoms with Crippen molar-refractivity contribution in [3.8, 4) is 0 Å². The third-order valence-corrected chi connectivity index (χ3v) is 5.40. The summed E-state index contributed by atoms with van der Waals surface area (Å²) in [6, 6.07) is 11.9. The normalized spacial score (nSPS) is 10.6. The highest BCUT2D eigenvalue weighted by molar-refractivity contribution is 8.00. The molecule has 29 heavy (non-hydrogen) atoms. The molecule has 2 rings (SSSR count). The van der Waals surface area contributed by atoms with E-state index in [0.717, 1.165) is 4.90 Å². The number of likely N-dealkylation sites (N-methyl/N-ethyl adjacent to an activating group) is 1. The van der Waals surface area contributed by atoms with Crippen molar-refractivity contribution in [1.29, 1.82) is 0 Å². The Balaban J connectivity index is 1.86. The number of primary amides is 1. The maximum absolute atomic E-state index is 12.3. The Labute approximate surface area is 182 Å². The SMILES string of the molecule is CN(CC(=O)Nc1ccc(Cl)c(Cl)c1)CC(=O)Nc1ccccc1SCC(N)=O. The van der Waals surface area contributed by atoms with E-state index in [9.17, 15) is 14.4 Å². The maximum atomic E-state index is 12.3. The molecule has 154 valence electrons. The second kappa shape index (κ2) is 11.1. The van der Waals surface area contributed by atoms with Gasteiger partial charge in [0.2, 0.25) is 17.7 Å². The van der Waals surface area contributed by atoms with E-state index in [1.54, 1.807) is 54.4 Å². The van der Waals surface area contributed by atoms with Crippen LogP contribution in [-0.4, -0.2) is 48.5 Å². The molecule has 10 heteroatoms. The van der Waals surface area contributed by atoms with Crippen molar-refractivity contribution in [3.63, 3.8) is 0 Å². The Morgan fingerprint density at radius 3 is 2.31 bits per heavy atom. The van der Waals surface area contributed by atoms with Crippen molar-refractivity contribution >= 4 is 64.1 Å². The fourth-order valence-electron chi connectivity index (χ4n) is 2.35. The van der Waals surface area contributed by atoms with Gasteiger partial charge in [-0.15, -0.1) is 11.8 Å². The van der Waals surface area contributed by atoms with Gasteiger partial charge in [-0.05, 0) is 37.4 Å². The first kappa shape index (κ1) is 23.0. The summed E-state index contributed by atoms with van der Waals surface area (Å²) in [5, 5.41) is 6.22. The van der Waals surface area contributed by atoms with Crippen molar-refractivity contribution < 1.29 is 14.4 Å². The van der Waals surface area contributed by atoms with E-state index in [0.29, 0.717) is 21.4 Å². The number of para-hydroxylation sites is 1. The van der Waals surface area contributed by atoms with Gasteiger partial charge in [0.25, 0.3) is 0 Å². The largest absolute Gasteiger partial charge is 0.369 e. The number of hydrogen-bond donors (Lipinski definition) is 3. The van der Waals surface area contributed by atoms with E-state index in [1.165, 1.54) is 11.8 Å². The third kappa shape index (κ3) is 7.94. The molecule has 0 spiro atoms. The number of amides is 3. The standard InChI is InChI=1S/C19H20Cl2N4O3S/c1-25(9-18(27)23-12-6-7-13(20)14(21)8-12)10-19(28)24-15-4-2-3-5-16(15)29-11-17(22)26/h2-8H,9-11H2,1H3,(H2,22,26)(H,23,27)(H,24,28). The Morgan fingerprint density at radius 1 is 1.00 bits per heavy atom. The molecule has 0 unspecified atom stereocenters. The summed E-state index contributed by atoms with van der Waals surface area (Å²) in [4.78, 5) is 37.8. The van der Waals surface area contributed by atoms with Crippen LogP contribution >= 0.6 is 35.0 Å². The molecule has 0 fully saturated rings. The first-order chi connectivity index (χ1) is 13.7. The van der Waals surface area contributed by atoms with Gasteiger partial charge >= 0.3 is 0 Å². The highest BCUT2D eigenvalue weighted by Crippen LogP contribution is 2.27. The summed E-state index contributed by atoms with van der Waals surface area (Å²) in [6.45, 7) is 0.00928. The molecule has 0 aromatic heterocycles. The Hall–Kier alpha value is -2.26. The zero-order valence-electron chi connectivity index (χ0n) is 15.6. The number of carbonyl (C=O) groups excluding carboxylic acids is 3. The topological polar surface area (TPSA) is 105 Å². The van der Waals surface area contributed by atoms with Gasteiger partial charge in [-0.3, -0.25) is 19.3 Å². The molecule has 0 aliphatic carbocycles. The number of anilines is 2. The van der Waals surface area contributed by atoms with E-state index in [4.69, 9.17) is 28.9 Å². The highest BCUT2D eigenvalue weighted by Gasteiger charge is 2.13. The predicted molar refractivity (Wildman–Crippen MR) is 118 cm³/mol. The van der Waals surface area contributed by atoms with Crippen molar-refractivity contribution in [3.05, 3.63) is 52.5 Å². The molecule has 3 amide bonds. The lowest BCUT2D eigenvalue weighted by atomic mass is 10.3. The molecule has 0 aliphatic heterocycles. The van der Waals surface area contributed by atoms with E-state index < -0.39 is 5.91 Å². The average molecular weight is 455 g/mol. The number of carbonyl (C=O) groups is 3. The smallest absolute Gasteiger partial charge is 0.238 e. The van der Waals surface area contributed by atoms with Gasteiger partial charge in [0.1, 0.15) is 0 Å². The zero-order chi connectivity index (χ0) is 21.4. The van der Waals surface area contributed by atoms with Crippen LogP contribution in [0.15, 0.2) is 47.4 Å². The summed E-state index contributed by atoms with van der Waals surface area (Å²) < 4.78 is 0. The fourth-order valence-corrected chi connectivity index (χ4v) is 3.40. The number of nitrogens with zero attached hydrogens (tertiary/aromatic N) is 1. The fraction of sp³-hybridized carbons (Fsp3) is 0.211.